The third kappa shape index (κ3) is 11.7. The van der Waals surface area contributed by atoms with Gasteiger partial charge in [-0.1, -0.05) is 140 Å². The van der Waals surface area contributed by atoms with Gasteiger partial charge in [-0.05, 0) is 59.7 Å². The van der Waals surface area contributed by atoms with Crippen molar-refractivity contribution in [3.63, 3.8) is 0 Å². The number of ether oxygens (including phenoxy) is 1. The lowest BCUT2D eigenvalue weighted by Crippen LogP contribution is -2.54. The Bertz CT molecular complexity index is 2300. The van der Waals surface area contributed by atoms with Crippen LogP contribution in [0.2, 0.25) is 0 Å². The SMILES string of the molecule is CC(C)(C)OC(=O)CCC(=O)CCC(=O)CCNC(=O)C(CC(=O)NC(c1ccccc1)(c1ccccc1)c1ccccc1)NC(=O)C(=O)CC1c2ccccc2-c2ccccc21. The van der Waals surface area contributed by atoms with Crippen molar-refractivity contribution >= 4 is 41.0 Å². The zero-order valence-electron chi connectivity index (χ0n) is 35.9. The van der Waals surface area contributed by atoms with Gasteiger partial charge in [0.25, 0.3) is 5.91 Å². The molecule has 0 radical (unpaired) electrons. The maximum atomic E-state index is 14.5. The van der Waals surface area contributed by atoms with Gasteiger partial charge in [0, 0.05) is 44.6 Å². The zero-order valence-corrected chi connectivity index (χ0v) is 35.9. The van der Waals surface area contributed by atoms with Gasteiger partial charge in [-0.3, -0.25) is 33.6 Å². The van der Waals surface area contributed by atoms with Crippen LogP contribution in [0.5, 0.6) is 0 Å². The summed E-state index contributed by atoms with van der Waals surface area (Å²) in [5, 5.41) is 8.43. The highest BCUT2D eigenvalue weighted by atomic mass is 16.6. The molecule has 11 nitrogen and oxygen atoms in total. The van der Waals surface area contributed by atoms with Crippen molar-refractivity contribution in [1.82, 2.24) is 16.0 Å². The lowest BCUT2D eigenvalue weighted by molar-refractivity contribution is -0.155. The number of esters is 1. The predicted octanol–water partition coefficient (Wildman–Crippen LogP) is 7.29. The third-order valence-corrected chi connectivity index (χ3v) is 11.0. The van der Waals surface area contributed by atoms with E-state index in [0.29, 0.717) is 0 Å². The third-order valence-electron chi connectivity index (χ3n) is 11.0. The highest BCUT2D eigenvalue weighted by Gasteiger charge is 2.39. The van der Waals surface area contributed by atoms with Crippen LogP contribution in [0.25, 0.3) is 11.1 Å². The number of nitrogens with one attached hydrogen (secondary N) is 3. The monoisotopic (exact) mass is 847 g/mol. The molecule has 6 rings (SSSR count). The van der Waals surface area contributed by atoms with Crippen LogP contribution < -0.4 is 16.0 Å². The molecule has 0 spiro atoms. The smallest absolute Gasteiger partial charge is 0.306 e. The average molecular weight is 848 g/mol. The fraction of sp³-hybridized carbons (Fsp3) is 0.288. The lowest BCUT2D eigenvalue weighted by Gasteiger charge is -2.37. The first kappa shape index (κ1) is 45.5. The average Bonchev–Trinajstić information content (AvgIpc) is 3.59. The first-order chi connectivity index (χ1) is 30.2. The number of fused-ring (bicyclic) bond motifs is 3. The van der Waals surface area contributed by atoms with Crippen LogP contribution in [0.3, 0.4) is 0 Å². The minimum Gasteiger partial charge on any atom is -0.460 e. The van der Waals surface area contributed by atoms with Crippen LogP contribution in [0.4, 0.5) is 0 Å². The Morgan fingerprint density at radius 1 is 0.571 bits per heavy atom. The Labute approximate surface area is 368 Å². The van der Waals surface area contributed by atoms with Gasteiger partial charge in [0.15, 0.2) is 0 Å². The second-order valence-electron chi connectivity index (χ2n) is 16.7. The number of ketones is 3. The Morgan fingerprint density at radius 2 is 1.02 bits per heavy atom. The second kappa shape index (κ2) is 20.7. The van der Waals surface area contributed by atoms with E-state index in [2.05, 4.69) is 16.0 Å². The quantitative estimate of drug-likeness (QED) is 0.0418. The van der Waals surface area contributed by atoms with E-state index in [1.54, 1.807) is 20.8 Å². The van der Waals surface area contributed by atoms with Gasteiger partial charge in [0.2, 0.25) is 17.6 Å². The molecule has 324 valence electrons. The topological polar surface area (TPSA) is 165 Å². The van der Waals surface area contributed by atoms with Crippen LogP contribution in [-0.4, -0.2) is 59.2 Å². The highest BCUT2D eigenvalue weighted by Crippen LogP contribution is 2.46. The van der Waals surface area contributed by atoms with Crippen molar-refractivity contribution in [1.29, 1.82) is 0 Å². The molecule has 11 heteroatoms. The summed E-state index contributed by atoms with van der Waals surface area (Å²) in [6.07, 6.45) is -1.14. The van der Waals surface area contributed by atoms with E-state index in [-0.39, 0.29) is 62.6 Å². The summed E-state index contributed by atoms with van der Waals surface area (Å²) in [7, 11) is 0. The molecule has 0 heterocycles. The molecule has 0 bridgehead atoms. The maximum Gasteiger partial charge on any atom is 0.306 e. The molecule has 1 atom stereocenters. The van der Waals surface area contributed by atoms with Crippen molar-refractivity contribution < 1.29 is 38.3 Å². The van der Waals surface area contributed by atoms with Crippen molar-refractivity contribution in [2.24, 2.45) is 0 Å². The number of carbonyl (C=O) groups is 7. The van der Waals surface area contributed by atoms with Gasteiger partial charge in [-0.25, -0.2) is 0 Å². The van der Waals surface area contributed by atoms with Gasteiger partial charge in [0.05, 0.1) is 12.8 Å². The molecule has 1 aliphatic carbocycles. The minimum absolute atomic E-state index is 0.0546. The Hall–Kier alpha value is -7.01. The van der Waals surface area contributed by atoms with Crippen molar-refractivity contribution in [3.05, 3.63) is 167 Å². The first-order valence-electron chi connectivity index (χ1n) is 21.3. The minimum atomic E-state index is -1.51. The fourth-order valence-corrected chi connectivity index (χ4v) is 8.04. The van der Waals surface area contributed by atoms with E-state index in [1.165, 1.54) is 0 Å². The standard InChI is InChI=1S/C52H53N3O8/c1-51(2,3)63-48(60)30-29-38(56)27-28-39(57)31-32-53-49(61)45(54-50(62)46(58)33-44-42-25-15-13-23-40(42)41-24-14-16-26-43(41)44)34-47(59)55-52(35-17-7-4-8-18-35,36-19-9-5-10-20-36)37-21-11-6-12-22-37/h4-26,44-45H,27-34H2,1-3H3,(H,53,61)(H,54,62)(H,55,59). The lowest BCUT2D eigenvalue weighted by atomic mass is 9.77. The number of rotatable bonds is 20. The molecule has 3 amide bonds. The van der Waals surface area contributed by atoms with Gasteiger partial charge in [-0.15, -0.1) is 0 Å². The molecule has 3 N–H and O–H groups in total. The fourth-order valence-electron chi connectivity index (χ4n) is 8.04. The number of Topliss-reactive ketones (excluding diaryl/α,β-unsaturated/α-hetero) is 3. The summed E-state index contributed by atoms with van der Waals surface area (Å²) in [5.74, 6) is -4.60. The molecule has 0 saturated carbocycles. The van der Waals surface area contributed by atoms with Crippen LogP contribution in [-0.2, 0) is 43.8 Å². The molecule has 0 aliphatic heterocycles. The molecule has 0 fully saturated rings. The van der Waals surface area contributed by atoms with E-state index in [0.717, 1.165) is 38.9 Å². The summed E-state index contributed by atoms with van der Waals surface area (Å²) < 4.78 is 5.24. The number of hydrogen-bond acceptors (Lipinski definition) is 8. The van der Waals surface area contributed by atoms with Crippen molar-refractivity contribution in [2.75, 3.05) is 6.54 Å². The molecule has 1 aliphatic rings. The van der Waals surface area contributed by atoms with Crippen molar-refractivity contribution in [2.45, 2.75) is 88.8 Å². The van der Waals surface area contributed by atoms with Crippen LogP contribution in [0.1, 0.15) is 99.5 Å². The van der Waals surface area contributed by atoms with E-state index >= 15 is 0 Å². The number of carbonyl (C=O) groups excluding carboxylic acids is 7. The first-order valence-corrected chi connectivity index (χ1v) is 21.3. The highest BCUT2D eigenvalue weighted by molar-refractivity contribution is 6.36. The summed E-state index contributed by atoms with van der Waals surface area (Å²) in [5.41, 5.74) is 4.15. The largest absolute Gasteiger partial charge is 0.460 e. The Balaban J connectivity index is 1.18. The van der Waals surface area contributed by atoms with Crippen LogP contribution >= 0.6 is 0 Å². The van der Waals surface area contributed by atoms with Gasteiger partial charge in [0.1, 0.15) is 28.7 Å². The molecule has 63 heavy (non-hydrogen) atoms. The molecular formula is C52H53N3O8. The molecule has 0 aromatic heterocycles. The van der Waals surface area contributed by atoms with Crippen LogP contribution in [0, 0.1) is 0 Å². The normalized spacial score (nSPS) is 12.6. The summed E-state index contributed by atoms with van der Waals surface area (Å²) in [6, 6.07) is 42.2. The molecule has 1 unspecified atom stereocenters. The Morgan fingerprint density at radius 3 is 1.51 bits per heavy atom. The number of hydrogen-bond donors (Lipinski definition) is 3. The van der Waals surface area contributed by atoms with E-state index in [4.69, 9.17) is 4.74 Å². The number of amides is 3. The molecule has 0 saturated heterocycles. The van der Waals surface area contributed by atoms with Crippen molar-refractivity contribution in [3.8, 4) is 11.1 Å². The van der Waals surface area contributed by atoms with Crippen LogP contribution in [0.15, 0.2) is 140 Å². The Kier molecular flexibility index (Phi) is 15.0. The number of benzene rings is 5. The van der Waals surface area contributed by atoms with Gasteiger partial charge < -0.3 is 20.7 Å². The molecule has 5 aromatic rings. The van der Waals surface area contributed by atoms with Gasteiger partial charge in [-0.2, -0.15) is 0 Å². The summed E-state index contributed by atoms with van der Waals surface area (Å²) in [6.45, 7) is 5.06. The van der Waals surface area contributed by atoms with E-state index in [1.807, 2.05) is 140 Å². The summed E-state index contributed by atoms with van der Waals surface area (Å²) >= 11 is 0. The molecule has 5 aromatic carbocycles. The molecular weight excluding hydrogens is 795 g/mol. The summed E-state index contributed by atoms with van der Waals surface area (Å²) in [4.78, 5) is 93.2. The predicted molar refractivity (Wildman–Crippen MR) is 239 cm³/mol. The maximum absolute atomic E-state index is 14.5. The van der Waals surface area contributed by atoms with Gasteiger partial charge >= 0.3 is 5.97 Å². The zero-order chi connectivity index (χ0) is 45.0. The van der Waals surface area contributed by atoms with E-state index in [9.17, 15) is 33.6 Å². The second-order valence-corrected chi connectivity index (χ2v) is 16.7. The van der Waals surface area contributed by atoms with E-state index < -0.39 is 53.1 Å².